The molecule has 0 fully saturated rings. The Bertz CT molecular complexity index is 1390. The number of nitriles is 1. The number of nitrogen functional groups attached to an aromatic ring is 2. The Kier molecular flexibility index (Phi) is 4.92. The van der Waals surface area contributed by atoms with Crippen LogP contribution < -0.4 is 22.3 Å². The number of fused-ring (bicyclic) bond motifs is 1. The number of nitrogens with zero attached hydrogens (tertiary/aromatic N) is 5. The Morgan fingerprint density at radius 3 is 2.55 bits per heavy atom. The van der Waals surface area contributed by atoms with Gasteiger partial charge in [0.2, 0.25) is 5.95 Å². The van der Waals surface area contributed by atoms with Crippen LogP contribution >= 0.6 is 0 Å². The second-order valence-electron chi connectivity index (χ2n) is 6.75. The second kappa shape index (κ2) is 7.72. The molecule has 0 bridgehead atoms. The maximum absolute atomic E-state index is 14.5. The van der Waals surface area contributed by atoms with Crippen LogP contribution in [-0.4, -0.2) is 19.5 Å². The van der Waals surface area contributed by atoms with Crippen molar-refractivity contribution in [3.63, 3.8) is 0 Å². The highest BCUT2D eigenvalue weighted by molar-refractivity contribution is 5.78. The fraction of sp³-hybridized carbons (Fsp3) is 0.0952. The molecule has 0 aliphatic rings. The normalized spacial score (nSPS) is 11.8. The van der Waals surface area contributed by atoms with E-state index in [4.69, 9.17) is 11.5 Å². The van der Waals surface area contributed by atoms with E-state index >= 15 is 0 Å². The molecule has 2 aromatic carbocycles. The summed E-state index contributed by atoms with van der Waals surface area (Å²) in [6.07, 6.45) is 0. The van der Waals surface area contributed by atoms with Crippen LogP contribution in [0.25, 0.3) is 16.6 Å². The Morgan fingerprint density at radius 2 is 1.84 bits per heavy atom. The van der Waals surface area contributed by atoms with Crippen LogP contribution in [0, 0.1) is 17.1 Å². The molecule has 154 valence electrons. The third-order valence-corrected chi connectivity index (χ3v) is 4.70. The first-order chi connectivity index (χ1) is 14.9. The lowest BCUT2D eigenvalue weighted by atomic mass is 10.2. The van der Waals surface area contributed by atoms with Crippen LogP contribution in [0.3, 0.4) is 0 Å². The standard InChI is InChI=1S/C21H17FN8O/c1-11(26-18-14(10-23)17(24)28-21(25)29-18)19-27-16-13(8-5-9-15(16)22)20(31)30(19)12-6-3-2-4-7-12/h2-9,11H,1H3,(H5,24,25,26,28,29)/t11-/m0/s1. The van der Waals surface area contributed by atoms with E-state index in [0.29, 0.717) is 5.69 Å². The van der Waals surface area contributed by atoms with E-state index in [-0.39, 0.29) is 39.9 Å². The largest absolute Gasteiger partial charge is 0.382 e. The molecule has 4 aromatic rings. The van der Waals surface area contributed by atoms with Crippen LogP contribution in [0.1, 0.15) is 24.4 Å². The van der Waals surface area contributed by atoms with Crippen molar-refractivity contribution in [2.75, 3.05) is 16.8 Å². The number of para-hydroxylation sites is 2. The third-order valence-electron chi connectivity index (χ3n) is 4.70. The molecular weight excluding hydrogens is 399 g/mol. The topological polar surface area (TPSA) is 149 Å². The van der Waals surface area contributed by atoms with Crippen molar-refractivity contribution in [2.24, 2.45) is 0 Å². The van der Waals surface area contributed by atoms with Gasteiger partial charge in [-0.15, -0.1) is 0 Å². The van der Waals surface area contributed by atoms with E-state index in [9.17, 15) is 14.4 Å². The summed E-state index contributed by atoms with van der Waals surface area (Å²) in [5.41, 5.74) is 11.5. The van der Waals surface area contributed by atoms with E-state index < -0.39 is 17.4 Å². The van der Waals surface area contributed by atoms with Crippen LogP contribution in [0.2, 0.25) is 0 Å². The van der Waals surface area contributed by atoms with Crippen LogP contribution in [0.4, 0.5) is 22.0 Å². The summed E-state index contributed by atoms with van der Waals surface area (Å²) in [5.74, 6) is -0.515. The number of hydrogen-bond donors (Lipinski definition) is 3. The predicted molar refractivity (Wildman–Crippen MR) is 115 cm³/mol. The minimum atomic E-state index is -0.683. The fourth-order valence-corrected chi connectivity index (χ4v) is 3.29. The average molecular weight is 416 g/mol. The van der Waals surface area contributed by atoms with Gasteiger partial charge in [0.05, 0.1) is 17.1 Å². The van der Waals surface area contributed by atoms with Crippen molar-refractivity contribution in [1.82, 2.24) is 19.5 Å². The smallest absolute Gasteiger partial charge is 0.266 e. The molecule has 31 heavy (non-hydrogen) atoms. The van der Waals surface area contributed by atoms with Crippen LogP contribution in [0.15, 0.2) is 53.3 Å². The first kappa shape index (κ1) is 19.8. The minimum absolute atomic E-state index is 0.00151. The molecule has 2 aromatic heterocycles. The molecule has 0 radical (unpaired) electrons. The molecule has 0 aliphatic heterocycles. The monoisotopic (exact) mass is 416 g/mol. The maximum Gasteiger partial charge on any atom is 0.266 e. The van der Waals surface area contributed by atoms with E-state index in [1.165, 1.54) is 22.8 Å². The summed E-state index contributed by atoms with van der Waals surface area (Å²) in [4.78, 5) is 25.6. The quantitative estimate of drug-likeness (QED) is 0.459. The van der Waals surface area contributed by atoms with Gasteiger partial charge in [-0.2, -0.15) is 15.2 Å². The van der Waals surface area contributed by atoms with Crippen molar-refractivity contribution in [3.8, 4) is 11.8 Å². The zero-order chi connectivity index (χ0) is 22.1. The summed E-state index contributed by atoms with van der Waals surface area (Å²) >= 11 is 0. The highest BCUT2D eigenvalue weighted by Crippen LogP contribution is 2.25. The highest BCUT2D eigenvalue weighted by Gasteiger charge is 2.21. The van der Waals surface area contributed by atoms with Gasteiger partial charge >= 0.3 is 0 Å². The lowest BCUT2D eigenvalue weighted by Crippen LogP contribution is -2.28. The van der Waals surface area contributed by atoms with Crippen molar-refractivity contribution < 1.29 is 4.39 Å². The van der Waals surface area contributed by atoms with Crippen molar-refractivity contribution in [2.45, 2.75) is 13.0 Å². The molecule has 1 atom stereocenters. The summed E-state index contributed by atoms with van der Waals surface area (Å²) in [5, 5.41) is 12.6. The summed E-state index contributed by atoms with van der Waals surface area (Å²) in [6.45, 7) is 1.70. The van der Waals surface area contributed by atoms with Crippen LogP contribution in [-0.2, 0) is 0 Å². The van der Waals surface area contributed by atoms with Gasteiger partial charge in [0.25, 0.3) is 5.56 Å². The maximum atomic E-state index is 14.5. The molecule has 2 heterocycles. The zero-order valence-corrected chi connectivity index (χ0v) is 16.4. The summed E-state index contributed by atoms with van der Waals surface area (Å²) in [7, 11) is 0. The van der Waals surface area contributed by atoms with E-state index in [1.54, 1.807) is 31.2 Å². The van der Waals surface area contributed by atoms with Crippen molar-refractivity contribution in [1.29, 1.82) is 5.26 Å². The van der Waals surface area contributed by atoms with E-state index in [0.717, 1.165) is 0 Å². The number of nitrogens with two attached hydrogens (primary N) is 2. The summed E-state index contributed by atoms with van der Waals surface area (Å²) < 4.78 is 15.9. The Morgan fingerprint density at radius 1 is 1.10 bits per heavy atom. The molecular formula is C21H17FN8O. The van der Waals surface area contributed by atoms with E-state index in [2.05, 4.69) is 20.3 Å². The van der Waals surface area contributed by atoms with Gasteiger partial charge in [0.1, 0.15) is 34.6 Å². The number of anilines is 3. The van der Waals surface area contributed by atoms with Crippen LogP contribution in [0.5, 0.6) is 0 Å². The second-order valence-corrected chi connectivity index (χ2v) is 6.75. The number of halogens is 1. The third kappa shape index (κ3) is 3.49. The van der Waals surface area contributed by atoms with Crippen molar-refractivity contribution >= 4 is 28.5 Å². The lowest BCUT2D eigenvalue weighted by molar-refractivity contribution is 0.632. The zero-order valence-electron chi connectivity index (χ0n) is 16.4. The number of benzene rings is 2. The number of rotatable bonds is 4. The molecule has 0 saturated heterocycles. The Labute approximate surface area is 175 Å². The molecule has 9 nitrogen and oxygen atoms in total. The molecule has 4 rings (SSSR count). The molecule has 0 saturated carbocycles. The predicted octanol–water partition coefficient (Wildman–Crippen LogP) is 2.52. The molecule has 0 unspecified atom stereocenters. The molecule has 0 spiro atoms. The SMILES string of the molecule is C[C@H](Nc1nc(N)nc(N)c1C#N)c1nc2c(F)cccc2c(=O)n1-c1ccccc1. The summed E-state index contributed by atoms with van der Waals surface area (Å²) in [6, 6.07) is 14.3. The van der Waals surface area contributed by atoms with Crippen molar-refractivity contribution in [3.05, 3.63) is 76.1 Å². The fourth-order valence-electron chi connectivity index (χ4n) is 3.29. The average Bonchev–Trinajstić information content (AvgIpc) is 2.74. The van der Waals surface area contributed by atoms with E-state index in [1.807, 2.05) is 12.1 Å². The van der Waals surface area contributed by atoms with Gasteiger partial charge < -0.3 is 16.8 Å². The van der Waals surface area contributed by atoms with Gasteiger partial charge in [-0.25, -0.2) is 9.37 Å². The Hall–Kier alpha value is -4.52. The molecule has 10 heteroatoms. The molecule has 0 aliphatic carbocycles. The van der Waals surface area contributed by atoms with Gasteiger partial charge in [-0.3, -0.25) is 9.36 Å². The van der Waals surface area contributed by atoms with Gasteiger partial charge in [0.15, 0.2) is 5.82 Å². The molecule has 0 amide bonds. The van der Waals surface area contributed by atoms with Gasteiger partial charge in [-0.05, 0) is 31.2 Å². The van der Waals surface area contributed by atoms with Gasteiger partial charge in [-0.1, -0.05) is 24.3 Å². The van der Waals surface area contributed by atoms with Gasteiger partial charge in [0, 0.05) is 0 Å². The molecule has 5 N–H and O–H groups in total. The number of nitrogens with one attached hydrogen (secondary N) is 1. The lowest BCUT2D eigenvalue weighted by Gasteiger charge is -2.21. The first-order valence-electron chi connectivity index (χ1n) is 9.27. The Balaban J connectivity index is 1.94. The number of hydrogen-bond acceptors (Lipinski definition) is 8. The highest BCUT2D eigenvalue weighted by atomic mass is 19.1. The minimum Gasteiger partial charge on any atom is -0.382 e. The first-order valence-corrected chi connectivity index (χ1v) is 9.27. The number of aromatic nitrogens is 4.